The highest BCUT2D eigenvalue weighted by Crippen LogP contribution is 2.26. The molecule has 31 heavy (non-hydrogen) atoms. The number of carbonyl (C=O) groups is 1. The van der Waals surface area contributed by atoms with Crippen LogP contribution in [-0.4, -0.2) is 34.9 Å². The van der Waals surface area contributed by atoms with Gasteiger partial charge in [0.25, 0.3) is 5.91 Å². The first-order valence-electron chi connectivity index (χ1n) is 10.4. The molecule has 156 valence electrons. The molecule has 2 heterocycles. The maximum atomic E-state index is 12.6. The van der Waals surface area contributed by atoms with Crippen LogP contribution < -0.4 is 5.32 Å². The fourth-order valence-corrected chi connectivity index (χ4v) is 3.55. The minimum Gasteiger partial charge on any atom is -0.376 e. The molecule has 1 atom stereocenters. The zero-order chi connectivity index (χ0) is 21.6. The number of nitrogens with one attached hydrogen (secondary N) is 1. The SMILES string of the molecule is Cc1ccc(-c2nn(-c3ccccc3)cc2/C=C(\C#N)C(=O)NCC2CCCO2)cc1. The minimum absolute atomic E-state index is 0.0212. The number of amides is 1. The van der Waals surface area contributed by atoms with Gasteiger partial charge in [-0.05, 0) is 38.0 Å². The molecule has 0 aliphatic carbocycles. The lowest BCUT2D eigenvalue weighted by Gasteiger charge is -2.10. The normalized spacial score (nSPS) is 16.1. The van der Waals surface area contributed by atoms with Crippen LogP contribution >= 0.6 is 0 Å². The number of aryl methyl sites for hydroxylation is 1. The smallest absolute Gasteiger partial charge is 0.262 e. The molecule has 0 saturated carbocycles. The van der Waals surface area contributed by atoms with Crippen molar-refractivity contribution in [2.75, 3.05) is 13.2 Å². The number of hydrogen-bond acceptors (Lipinski definition) is 4. The quantitative estimate of drug-likeness (QED) is 0.489. The molecule has 1 saturated heterocycles. The van der Waals surface area contributed by atoms with Crippen LogP contribution in [0.1, 0.15) is 24.0 Å². The molecule has 0 spiro atoms. The van der Waals surface area contributed by atoms with E-state index in [0.717, 1.165) is 36.3 Å². The summed E-state index contributed by atoms with van der Waals surface area (Å²) in [7, 11) is 0. The molecule has 6 heteroatoms. The molecule has 1 aliphatic rings. The van der Waals surface area contributed by atoms with Gasteiger partial charge in [0.05, 0.1) is 17.5 Å². The lowest BCUT2D eigenvalue weighted by atomic mass is 10.0. The van der Waals surface area contributed by atoms with E-state index in [1.54, 1.807) is 10.8 Å². The summed E-state index contributed by atoms with van der Waals surface area (Å²) in [4.78, 5) is 12.6. The Bertz CT molecular complexity index is 1120. The first-order valence-corrected chi connectivity index (χ1v) is 10.4. The van der Waals surface area contributed by atoms with E-state index in [1.165, 1.54) is 0 Å². The number of nitriles is 1. The first kappa shape index (κ1) is 20.6. The van der Waals surface area contributed by atoms with Gasteiger partial charge in [-0.3, -0.25) is 4.79 Å². The fraction of sp³-hybridized carbons (Fsp3) is 0.240. The Morgan fingerprint density at radius 3 is 2.71 bits per heavy atom. The van der Waals surface area contributed by atoms with Crippen molar-refractivity contribution < 1.29 is 9.53 Å². The van der Waals surface area contributed by atoms with Crippen LogP contribution in [-0.2, 0) is 9.53 Å². The maximum Gasteiger partial charge on any atom is 0.262 e. The summed E-state index contributed by atoms with van der Waals surface area (Å²) >= 11 is 0. The van der Waals surface area contributed by atoms with E-state index in [0.29, 0.717) is 17.8 Å². The van der Waals surface area contributed by atoms with Crippen molar-refractivity contribution in [3.63, 3.8) is 0 Å². The molecular weight excluding hydrogens is 388 g/mol. The van der Waals surface area contributed by atoms with Crippen LogP contribution in [0.25, 0.3) is 23.0 Å². The summed E-state index contributed by atoms with van der Waals surface area (Å²) < 4.78 is 7.31. The fourth-order valence-electron chi connectivity index (χ4n) is 3.55. The van der Waals surface area contributed by atoms with Gasteiger partial charge >= 0.3 is 0 Å². The van der Waals surface area contributed by atoms with E-state index in [4.69, 9.17) is 9.84 Å². The standard InChI is InChI=1S/C25H24N4O2/c1-18-9-11-19(12-10-18)24-21(17-29(28-24)22-6-3-2-4-7-22)14-20(15-26)25(30)27-16-23-8-5-13-31-23/h2-4,6-7,9-12,14,17,23H,5,8,13,16H2,1H3,(H,27,30)/b20-14+. The van der Waals surface area contributed by atoms with E-state index in [-0.39, 0.29) is 11.7 Å². The van der Waals surface area contributed by atoms with Crippen LogP contribution in [0, 0.1) is 18.3 Å². The Morgan fingerprint density at radius 1 is 1.26 bits per heavy atom. The molecule has 6 nitrogen and oxygen atoms in total. The second-order valence-corrected chi connectivity index (χ2v) is 7.59. The van der Waals surface area contributed by atoms with Crippen molar-refractivity contribution in [3.8, 4) is 23.0 Å². The third-order valence-electron chi connectivity index (χ3n) is 5.27. The highest BCUT2D eigenvalue weighted by molar-refractivity contribution is 6.02. The van der Waals surface area contributed by atoms with Crippen LogP contribution in [0.15, 0.2) is 66.4 Å². The van der Waals surface area contributed by atoms with Gasteiger partial charge in [-0.25, -0.2) is 4.68 Å². The molecule has 1 aromatic heterocycles. The van der Waals surface area contributed by atoms with E-state index >= 15 is 0 Å². The molecule has 1 fully saturated rings. The van der Waals surface area contributed by atoms with Gasteiger partial charge in [0, 0.05) is 30.5 Å². The van der Waals surface area contributed by atoms with Crippen molar-refractivity contribution in [2.45, 2.75) is 25.9 Å². The van der Waals surface area contributed by atoms with Gasteiger partial charge in [-0.2, -0.15) is 10.4 Å². The van der Waals surface area contributed by atoms with Gasteiger partial charge in [-0.15, -0.1) is 0 Å². The summed E-state index contributed by atoms with van der Waals surface area (Å²) in [5.41, 5.74) is 4.43. The van der Waals surface area contributed by atoms with Crippen molar-refractivity contribution in [1.29, 1.82) is 5.26 Å². The number of benzene rings is 2. The lowest BCUT2D eigenvalue weighted by Crippen LogP contribution is -2.32. The summed E-state index contributed by atoms with van der Waals surface area (Å²) in [6, 6.07) is 19.8. The Hall–Kier alpha value is -3.69. The predicted octanol–water partition coefficient (Wildman–Crippen LogP) is 4.05. The molecule has 3 aromatic rings. The lowest BCUT2D eigenvalue weighted by molar-refractivity contribution is -0.117. The van der Waals surface area contributed by atoms with E-state index in [1.807, 2.05) is 73.8 Å². The summed E-state index contributed by atoms with van der Waals surface area (Å²) in [6.07, 6.45) is 5.39. The van der Waals surface area contributed by atoms with Crippen LogP contribution in [0.3, 0.4) is 0 Å². The molecule has 0 bridgehead atoms. The van der Waals surface area contributed by atoms with Gasteiger partial charge in [0.1, 0.15) is 11.6 Å². The Balaban J connectivity index is 1.67. The number of carbonyl (C=O) groups excluding carboxylic acids is 1. The van der Waals surface area contributed by atoms with Crippen LogP contribution in [0.4, 0.5) is 0 Å². The highest BCUT2D eigenvalue weighted by Gasteiger charge is 2.19. The summed E-state index contributed by atoms with van der Waals surface area (Å²) in [5.74, 6) is -0.402. The van der Waals surface area contributed by atoms with Crippen LogP contribution in [0.5, 0.6) is 0 Å². The molecule has 1 unspecified atom stereocenters. The van der Waals surface area contributed by atoms with Crippen molar-refractivity contribution in [1.82, 2.24) is 15.1 Å². The first-order chi connectivity index (χ1) is 15.1. The number of para-hydroxylation sites is 1. The molecule has 1 N–H and O–H groups in total. The largest absolute Gasteiger partial charge is 0.376 e. The van der Waals surface area contributed by atoms with Crippen molar-refractivity contribution >= 4 is 12.0 Å². The third-order valence-corrected chi connectivity index (χ3v) is 5.27. The molecule has 1 amide bonds. The van der Waals surface area contributed by atoms with Crippen molar-refractivity contribution in [3.05, 3.63) is 77.5 Å². The van der Waals surface area contributed by atoms with E-state index < -0.39 is 5.91 Å². The number of nitrogens with zero attached hydrogens (tertiary/aromatic N) is 3. The van der Waals surface area contributed by atoms with E-state index in [2.05, 4.69) is 5.32 Å². The summed E-state index contributed by atoms with van der Waals surface area (Å²) in [6.45, 7) is 3.16. The minimum atomic E-state index is -0.402. The number of ether oxygens (including phenoxy) is 1. The second-order valence-electron chi connectivity index (χ2n) is 7.59. The second kappa shape index (κ2) is 9.41. The maximum absolute atomic E-state index is 12.6. The monoisotopic (exact) mass is 412 g/mol. The summed E-state index contributed by atoms with van der Waals surface area (Å²) in [5, 5.41) is 17.2. The van der Waals surface area contributed by atoms with Gasteiger partial charge in [0.15, 0.2) is 0 Å². The van der Waals surface area contributed by atoms with Gasteiger partial charge in [-0.1, -0.05) is 48.0 Å². The number of aromatic nitrogens is 2. The van der Waals surface area contributed by atoms with E-state index in [9.17, 15) is 10.1 Å². The molecule has 4 rings (SSSR count). The Labute approximate surface area is 181 Å². The van der Waals surface area contributed by atoms with Crippen molar-refractivity contribution in [2.24, 2.45) is 0 Å². The average molecular weight is 412 g/mol. The molecule has 0 radical (unpaired) electrons. The Kier molecular flexibility index (Phi) is 6.25. The van der Waals surface area contributed by atoms with Gasteiger partial charge < -0.3 is 10.1 Å². The zero-order valence-electron chi connectivity index (χ0n) is 17.4. The Morgan fingerprint density at radius 2 is 2.03 bits per heavy atom. The topological polar surface area (TPSA) is 79.9 Å². The third kappa shape index (κ3) is 4.90. The predicted molar refractivity (Wildman–Crippen MR) is 119 cm³/mol. The molecule has 1 aliphatic heterocycles. The average Bonchev–Trinajstić information content (AvgIpc) is 3.47. The molecular formula is C25H24N4O2. The number of hydrogen-bond donors (Lipinski definition) is 1. The van der Waals surface area contributed by atoms with Gasteiger partial charge in [0.2, 0.25) is 0 Å². The zero-order valence-corrected chi connectivity index (χ0v) is 17.4. The number of rotatable bonds is 6. The highest BCUT2D eigenvalue weighted by atomic mass is 16.5. The van der Waals surface area contributed by atoms with Crippen LogP contribution in [0.2, 0.25) is 0 Å². The molecule has 2 aromatic carbocycles.